The lowest BCUT2D eigenvalue weighted by Gasteiger charge is -2.32. The summed E-state index contributed by atoms with van der Waals surface area (Å²) in [5.41, 5.74) is 4.89. The average Bonchev–Trinajstić information content (AvgIpc) is 3.08. The van der Waals surface area contributed by atoms with Crippen molar-refractivity contribution in [1.82, 2.24) is 9.88 Å². The van der Waals surface area contributed by atoms with Gasteiger partial charge in [-0.3, -0.25) is 4.98 Å². The maximum atomic E-state index is 5.54. The molecule has 0 saturated carbocycles. The number of aromatic nitrogens is 1. The summed E-state index contributed by atoms with van der Waals surface area (Å²) in [6, 6.07) is 4.57. The van der Waals surface area contributed by atoms with Gasteiger partial charge >= 0.3 is 0 Å². The number of ether oxygens (including phenoxy) is 2. The van der Waals surface area contributed by atoms with Crippen LogP contribution in [0.3, 0.4) is 0 Å². The molecule has 1 aromatic carbocycles. The van der Waals surface area contributed by atoms with Gasteiger partial charge in [0.25, 0.3) is 0 Å². The lowest BCUT2D eigenvalue weighted by atomic mass is 10.0. The highest BCUT2D eigenvalue weighted by Crippen LogP contribution is 2.40. The number of likely N-dealkylation sites (tertiary alicyclic amines) is 1. The fourth-order valence-electron chi connectivity index (χ4n) is 4.24. The Hall–Kier alpha value is -2.01. The molecule has 1 N–H and O–H groups in total. The maximum Gasteiger partial charge on any atom is 0.162 e. The van der Waals surface area contributed by atoms with Crippen LogP contribution < -0.4 is 14.8 Å². The van der Waals surface area contributed by atoms with Gasteiger partial charge in [0.2, 0.25) is 0 Å². The molecule has 5 heteroatoms. The van der Waals surface area contributed by atoms with E-state index in [1.54, 1.807) is 14.2 Å². The van der Waals surface area contributed by atoms with E-state index in [1.165, 1.54) is 42.8 Å². The van der Waals surface area contributed by atoms with E-state index in [4.69, 9.17) is 14.5 Å². The summed E-state index contributed by atoms with van der Waals surface area (Å²) in [6.07, 6.45) is 5.83. The Morgan fingerprint density at radius 3 is 2.68 bits per heavy atom. The number of likely N-dealkylation sites (N-methyl/N-ethyl adjacent to an activating group) is 1. The van der Waals surface area contributed by atoms with Crippen molar-refractivity contribution in [1.29, 1.82) is 0 Å². The van der Waals surface area contributed by atoms with Gasteiger partial charge in [-0.05, 0) is 57.3 Å². The normalized spacial score (nSPS) is 20.5. The molecule has 1 unspecified atom stereocenters. The number of piperidine rings is 1. The van der Waals surface area contributed by atoms with Gasteiger partial charge in [-0.25, -0.2) is 0 Å². The SMILES string of the molecule is COc1cc2nc3c(c(NC4CCCN(C)C4)c2cc1OC)CCC3. The van der Waals surface area contributed by atoms with Crippen molar-refractivity contribution in [3.8, 4) is 11.5 Å². The van der Waals surface area contributed by atoms with Gasteiger partial charge in [-0.15, -0.1) is 0 Å². The van der Waals surface area contributed by atoms with Gasteiger partial charge in [0, 0.05) is 35.4 Å². The Labute approximate surface area is 149 Å². The summed E-state index contributed by atoms with van der Waals surface area (Å²) in [6.45, 7) is 2.28. The molecule has 0 amide bonds. The molecule has 1 saturated heterocycles. The van der Waals surface area contributed by atoms with Gasteiger partial charge < -0.3 is 19.7 Å². The number of aryl methyl sites for hydroxylation is 1. The smallest absolute Gasteiger partial charge is 0.162 e. The third-order valence-corrected chi connectivity index (χ3v) is 5.49. The summed E-state index contributed by atoms with van der Waals surface area (Å²) in [5, 5.41) is 5.01. The predicted molar refractivity (Wildman–Crippen MR) is 101 cm³/mol. The van der Waals surface area contributed by atoms with Crippen LogP contribution in [0.2, 0.25) is 0 Å². The van der Waals surface area contributed by atoms with Crippen molar-refractivity contribution in [3.63, 3.8) is 0 Å². The van der Waals surface area contributed by atoms with Crippen molar-refractivity contribution in [2.75, 3.05) is 39.7 Å². The molecule has 0 spiro atoms. The van der Waals surface area contributed by atoms with Crippen LogP contribution in [0.15, 0.2) is 12.1 Å². The standard InChI is InChI=1S/C20H27N3O2/c1-23-9-5-6-13(12-23)21-20-14-7-4-8-16(14)22-17-11-19(25-3)18(24-2)10-15(17)20/h10-11,13H,4-9,12H2,1-3H3,(H,21,22). The van der Waals surface area contributed by atoms with Crippen LogP contribution in [0.1, 0.15) is 30.5 Å². The first-order valence-corrected chi connectivity index (χ1v) is 9.22. The van der Waals surface area contributed by atoms with Crippen molar-refractivity contribution in [3.05, 3.63) is 23.4 Å². The second-order valence-electron chi connectivity index (χ2n) is 7.24. The number of nitrogens with zero attached hydrogens (tertiary/aromatic N) is 2. The highest BCUT2D eigenvalue weighted by atomic mass is 16.5. The summed E-state index contributed by atoms with van der Waals surface area (Å²) in [7, 11) is 5.57. The molecule has 134 valence electrons. The number of rotatable bonds is 4. The maximum absolute atomic E-state index is 5.54. The van der Waals surface area contributed by atoms with Crippen LogP contribution in [0.25, 0.3) is 10.9 Å². The molecular formula is C20H27N3O2. The zero-order chi connectivity index (χ0) is 17.4. The fourth-order valence-corrected chi connectivity index (χ4v) is 4.24. The number of anilines is 1. The quantitative estimate of drug-likeness (QED) is 0.925. The minimum absolute atomic E-state index is 0.488. The van der Waals surface area contributed by atoms with Crippen LogP contribution in [0.5, 0.6) is 11.5 Å². The summed E-state index contributed by atoms with van der Waals surface area (Å²) in [5.74, 6) is 1.50. The monoisotopic (exact) mass is 341 g/mol. The molecule has 2 heterocycles. The molecule has 25 heavy (non-hydrogen) atoms. The molecule has 2 aromatic rings. The van der Waals surface area contributed by atoms with Gasteiger partial charge in [-0.1, -0.05) is 0 Å². The van der Waals surface area contributed by atoms with Crippen LogP contribution in [0, 0.1) is 0 Å². The van der Waals surface area contributed by atoms with E-state index in [9.17, 15) is 0 Å². The Morgan fingerprint density at radius 1 is 1.12 bits per heavy atom. The zero-order valence-corrected chi connectivity index (χ0v) is 15.4. The largest absolute Gasteiger partial charge is 0.493 e. The minimum Gasteiger partial charge on any atom is -0.493 e. The van der Waals surface area contributed by atoms with Gasteiger partial charge in [0.05, 0.1) is 19.7 Å². The Kier molecular flexibility index (Phi) is 4.42. The van der Waals surface area contributed by atoms with E-state index in [1.807, 2.05) is 6.07 Å². The van der Waals surface area contributed by atoms with E-state index in [0.717, 1.165) is 41.8 Å². The third kappa shape index (κ3) is 3.01. The molecule has 1 aliphatic carbocycles. The lowest BCUT2D eigenvalue weighted by Crippen LogP contribution is -2.40. The number of pyridine rings is 1. The molecule has 0 radical (unpaired) electrons. The van der Waals surface area contributed by atoms with Crippen molar-refractivity contribution in [2.45, 2.75) is 38.1 Å². The highest BCUT2D eigenvalue weighted by Gasteiger charge is 2.24. The molecule has 5 nitrogen and oxygen atoms in total. The van der Waals surface area contributed by atoms with Crippen LogP contribution in [-0.4, -0.2) is 50.3 Å². The number of benzene rings is 1. The Morgan fingerprint density at radius 2 is 1.92 bits per heavy atom. The van der Waals surface area contributed by atoms with Crippen molar-refractivity contribution < 1.29 is 9.47 Å². The van der Waals surface area contributed by atoms with Crippen LogP contribution >= 0.6 is 0 Å². The first kappa shape index (κ1) is 16.5. The number of hydrogen-bond acceptors (Lipinski definition) is 5. The van der Waals surface area contributed by atoms with Crippen molar-refractivity contribution >= 4 is 16.6 Å². The average molecular weight is 341 g/mol. The van der Waals surface area contributed by atoms with E-state index in [-0.39, 0.29) is 0 Å². The first-order valence-electron chi connectivity index (χ1n) is 9.22. The molecule has 1 aromatic heterocycles. The third-order valence-electron chi connectivity index (χ3n) is 5.49. The second kappa shape index (κ2) is 6.71. The van der Waals surface area contributed by atoms with Gasteiger partial charge in [0.1, 0.15) is 0 Å². The van der Waals surface area contributed by atoms with E-state index < -0.39 is 0 Å². The number of methoxy groups -OCH3 is 2. The summed E-state index contributed by atoms with van der Waals surface area (Å²) >= 11 is 0. The Balaban J connectivity index is 1.82. The molecule has 0 bridgehead atoms. The van der Waals surface area contributed by atoms with Crippen LogP contribution in [-0.2, 0) is 12.8 Å². The fraction of sp³-hybridized carbons (Fsp3) is 0.550. The Bertz CT molecular complexity index is 790. The number of hydrogen-bond donors (Lipinski definition) is 1. The van der Waals surface area contributed by atoms with E-state index in [0.29, 0.717) is 6.04 Å². The molecule has 1 aliphatic heterocycles. The second-order valence-corrected chi connectivity index (χ2v) is 7.24. The highest BCUT2D eigenvalue weighted by molar-refractivity contribution is 5.96. The van der Waals surface area contributed by atoms with E-state index >= 15 is 0 Å². The number of fused-ring (bicyclic) bond motifs is 2. The van der Waals surface area contributed by atoms with Gasteiger partial charge in [-0.2, -0.15) is 0 Å². The van der Waals surface area contributed by atoms with Crippen LogP contribution in [0.4, 0.5) is 5.69 Å². The molecule has 2 aliphatic rings. The summed E-state index contributed by atoms with van der Waals surface area (Å²) in [4.78, 5) is 7.33. The minimum atomic E-state index is 0.488. The molecular weight excluding hydrogens is 314 g/mol. The number of nitrogens with one attached hydrogen (secondary N) is 1. The first-order chi connectivity index (χ1) is 12.2. The van der Waals surface area contributed by atoms with Crippen molar-refractivity contribution in [2.24, 2.45) is 0 Å². The molecule has 1 atom stereocenters. The predicted octanol–water partition coefficient (Wildman–Crippen LogP) is 3.25. The van der Waals surface area contributed by atoms with E-state index in [2.05, 4.69) is 23.3 Å². The molecule has 4 rings (SSSR count). The summed E-state index contributed by atoms with van der Waals surface area (Å²) < 4.78 is 11.0. The topological polar surface area (TPSA) is 46.6 Å². The zero-order valence-electron chi connectivity index (χ0n) is 15.4. The lowest BCUT2D eigenvalue weighted by molar-refractivity contribution is 0.261. The molecule has 1 fully saturated rings. The van der Waals surface area contributed by atoms with Gasteiger partial charge in [0.15, 0.2) is 11.5 Å².